The molecule has 0 atom stereocenters. The van der Waals surface area contributed by atoms with Crippen molar-refractivity contribution in [2.24, 2.45) is 0 Å². The summed E-state index contributed by atoms with van der Waals surface area (Å²) in [5.41, 5.74) is 3.16. The topological polar surface area (TPSA) is 38.7 Å². The minimum absolute atomic E-state index is 0.0217. The van der Waals surface area contributed by atoms with Crippen LogP contribution in [0.25, 0.3) is 76.6 Å². The summed E-state index contributed by atoms with van der Waals surface area (Å²) in [6, 6.07) is 22.2. The van der Waals surface area contributed by atoms with Gasteiger partial charge in [0, 0.05) is 36.9 Å². The minimum Gasteiger partial charge on any atom is -0.208 e. The van der Waals surface area contributed by atoms with Gasteiger partial charge in [-0.05, 0) is 22.3 Å². The van der Waals surface area contributed by atoms with Gasteiger partial charge in [0.15, 0.2) is 17.5 Å². The lowest BCUT2D eigenvalue weighted by molar-refractivity contribution is 1.08. The van der Waals surface area contributed by atoms with Crippen molar-refractivity contribution in [1.29, 1.82) is 0 Å². The Bertz CT molecular complexity index is 2880. The van der Waals surface area contributed by atoms with Gasteiger partial charge < -0.3 is 0 Å². The number of benzene rings is 6. The molecule has 0 amide bonds. The van der Waals surface area contributed by atoms with Crippen molar-refractivity contribution >= 4 is 218 Å². The summed E-state index contributed by atoms with van der Waals surface area (Å²) in [6.45, 7) is 0. The molecule has 0 bridgehead atoms. The molecule has 8 aromatic rings. The molecule has 0 saturated heterocycles. The molecule has 2 aromatic heterocycles. The van der Waals surface area contributed by atoms with Crippen LogP contribution >= 0.6 is 11.3 Å². The van der Waals surface area contributed by atoms with Crippen LogP contribution in [0.4, 0.5) is 0 Å². The van der Waals surface area contributed by atoms with Gasteiger partial charge in [-0.2, -0.15) is 0 Å². The van der Waals surface area contributed by atoms with Gasteiger partial charge in [0.25, 0.3) is 0 Å². The van der Waals surface area contributed by atoms with Crippen molar-refractivity contribution in [3.05, 3.63) is 66.7 Å². The van der Waals surface area contributed by atoms with Crippen LogP contribution in [0.5, 0.6) is 0 Å². The molecular weight excluding hydrogens is 694 g/mol. The van der Waals surface area contributed by atoms with E-state index in [0.717, 1.165) is 31.3 Å². The van der Waals surface area contributed by atoms with E-state index in [9.17, 15) is 0 Å². The predicted octanol–water partition coefficient (Wildman–Crippen LogP) is -6.31. The van der Waals surface area contributed by atoms with Crippen molar-refractivity contribution in [3.8, 4) is 56.4 Å². The summed E-state index contributed by atoms with van der Waals surface area (Å²) in [4.78, 5) is 14.2. The Kier molecular flexibility index (Phi) is 10.1. The maximum atomic E-state index is 7.13. The van der Waals surface area contributed by atoms with E-state index in [0.29, 0.717) is 11.1 Å². The molecule has 8 rings (SSSR count). The maximum Gasteiger partial charge on any atom is 0.162 e. The second kappa shape index (κ2) is 14.7. The molecule has 0 N–H and O–H groups in total. The lowest BCUT2D eigenvalue weighted by Gasteiger charge is -2.25. The second-order valence-corrected chi connectivity index (χ2v) is 14.5. The summed E-state index contributed by atoms with van der Waals surface area (Å²) in [5, 5.41) is 2.04. The van der Waals surface area contributed by atoms with E-state index in [1.165, 1.54) is 0 Å². The first-order valence-corrected chi connectivity index (χ1v) is 18.0. The van der Waals surface area contributed by atoms with Crippen molar-refractivity contribution in [3.63, 3.8) is 0 Å². The zero-order chi connectivity index (χ0) is 40.8. The van der Waals surface area contributed by atoms with Crippen LogP contribution in [0.15, 0.2) is 66.7 Å². The van der Waals surface area contributed by atoms with Crippen LogP contribution in [-0.4, -0.2) is 125 Å². The molecule has 0 unspecified atom stereocenters. The van der Waals surface area contributed by atoms with Gasteiger partial charge in [0.1, 0.15) is 110 Å². The van der Waals surface area contributed by atoms with Gasteiger partial charge in [-0.1, -0.05) is 105 Å². The normalized spacial score (nSPS) is 11.4. The molecule has 0 aliphatic rings. The van der Waals surface area contributed by atoms with Crippen molar-refractivity contribution < 1.29 is 0 Å². The average Bonchev–Trinajstić information content (AvgIpc) is 3.60. The fourth-order valence-electron chi connectivity index (χ4n) is 7.12. The number of nitrogens with zero attached hydrogens (tertiary/aromatic N) is 3. The van der Waals surface area contributed by atoms with Crippen LogP contribution in [0.1, 0.15) is 0 Å². The highest BCUT2D eigenvalue weighted by Gasteiger charge is 2.25. The first-order chi connectivity index (χ1) is 27.1. The highest BCUT2D eigenvalue weighted by atomic mass is 32.1. The highest BCUT2D eigenvalue weighted by Crippen LogP contribution is 2.43. The number of thiophene rings is 1. The summed E-state index contributed by atoms with van der Waals surface area (Å²) >= 11 is 1.60. The Balaban J connectivity index is 1.45. The van der Waals surface area contributed by atoms with Crippen LogP contribution in [0.3, 0.4) is 0 Å². The third-order valence-electron chi connectivity index (χ3n) is 10.2. The van der Waals surface area contributed by atoms with E-state index in [2.05, 4.69) is 29.2 Å². The molecule has 3 nitrogen and oxygen atoms in total. The molecule has 2 heterocycles. The SMILES string of the molecule is [B]c1c([B])c([B])c(-c2nc(-c3c([B])c([B])c([B])c([B])c3[B])nc(-c3c([B])c([B])c([B])c(-c4cccc5c4sc4c(-c6ccccc6)cccc45)c3[B])n2)c([B])c1[B]. The third kappa shape index (κ3) is 6.12. The van der Waals surface area contributed by atoms with E-state index in [4.69, 9.17) is 120 Å². The Morgan fingerprint density at radius 2 is 0.632 bits per heavy atom. The van der Waals surface area contributed by atoms with Gasteiger partial charge in [0.05, 0.1) is 0 Å². The highest BCUT2D eigenvalue weighted by molar-refractivity contribution is 7.27. The van der Waals surface area contributed by atoms with Gasteiger partial charge in [-0.3, -0.25) is 0 Å². The lowest BCUT2D eigenvalue weighted by Crippen LogP contribution is -2.55. The van der Waals surface area contributed by atoms with Crippen molar-refractivity contribution in [2.45, 2.75) is 0 Å². The third-order valence-corrected chi connectivity index (χ3v) is 11.5. The quantitative estimate of drug-likeness (QED) is 0.168. The second-order valence-electron chi connectivity index (χ2n) is 13.4. The van der Waals surface area contributed by atoms with E-state index in [1.807, 2.05) is 42.5 Å². The molecule has 0 spiro atoms. The monoisotopic (exact) mass is 707 g/mol. The maximum absolute atomic E-state index is 7.13. The summed E-state index contributed by atoms with van der Waals surface area (Å²) in [7, 11) is 90.7. The number of aromatic nitrogens is 3. The van der Waals surface area contributed by atoms with Crippen LogP contribution in [-0.2, 0) is 0 Å². The zero-order valence-corrected chi connectivity index (χ0v) is 31.0. The van der Waals surface area contributed by atoms with Gasteiger partial charge in [0.2, 0.25) is 0 Å². The van der Waals surface area contributed by atoms with Crippen molar-refractivity contribution in [2.75, 3.05) is 0 Å². The Morgan fingerprint density at radius 3 is 1.07 bits per heavy atom. The smallest absolute Gasteiger partial charge is 0.162 e. The molecular formula is C39H11B14N3S. The average molecular weight is 705 g/mol. The number of rotatable bonds is 5. The first kappa shape index (κ1) is 39.3. The van der Waals surface area contributed by atoms with Gasteiger partial charge >= 0.3 is 0 Å². The molecule has 28 radical (unpaired) electrons. The van der Waals surface area contributed by atoms with Gasteiger partial charge in [-0.15, -0.1) is 49.6 Å². The molecule has 57 heavy (non-hydrogen) atoms. The number of hydrogen-bond acceptors (Lipinski definition) is 4. The summed E-state index contributed by atoms with van der Waals surface area (Å²) in [6.07, 6.45) is 0. The fraction of sp³-hybridized carbons (Fsp3) is 0. The molecule has 18 heteroatoms. The Morgan fingerprint density at radius 1 is 0.298 bits per heavy atom. The predicted molar refractivity (Wildman–Crippen MR) is 255 cm³/mol. The molecule has 0 aliphatic carbocycles. The zero-order valence-electron chi connectivity index (χ0n) is 30.2. The van der Waals surface area contributed by atoms with Crippen LogP contribution < -0.4 is 76.5 Å². The summed E-state index contributed by atoms with van der Waals surface area (Å²) in [5.74, 6) is -0.368. The molecule has 230 valence electrons. The molecule has 6 aromatic carbocycles. The Hall–Kier alpha value is -4.54. The Labute approximate surface area is 354 Å². The standard InChI is InChI=1S/C39H11B14N3S/c40-21-17(16-11-5-10-15-14-9-4-8-13(35(14)57-36(15)16)12-6-2-1-3-7-12)22(41)28(47)23(42)18(21)37-54-38(19-24(43)29(48)33(52)30(49)25(19)44)56-39(55-37)20-26(45)31(50)34(53)32(51)27(20)46/h1-11H. The van der Waals surface area contributed by atoms with E-state index < -0.39 is 0 Å². The van der Waals surface area contributed by atoms with Gasteiger partial charge in [-0.25, -0.2) is 15.0 Å². The van der Waals surface area contributed by atoms with Crippen molar-refractivity contribution in [1.82, 2.24) is 15.0 Å². The van der Waals surface area contributed by atoms with Crippen LogP contribution in [0.2, 0.25) is 0 Å². The minimum atomic E-state index is -0.132. The number of hydrogen-bond donors (Lipinski definition) is 0. The van der Waals surface area contributed by atoms with E-state index in [-0.39, 0.29) is 111 Å². The largest absolute Gasteiger partial charge is 0.208 e. The molecule has 0 saturated carbocycles. The van der Waals surface area contributed by atoms with E-state index in [1.54, 1.807) is 11.3 Å². The van der Waals surface area contributed by atoms with Crippen LogP contribution in [0, 0.1) is 0 Å². The lowest BCUT2D eigenvalue weighted by atomic mass is 9.60. The number of fused-ring (bicyclic) bond motifs is 3. The molecule has 0 aliphatic heterocycles. The summed E-state index contributed by atoms with van der Waals surface area (Å²) < 4.78 is 1.98. The van der Waals surface area contributed by atoms with E-state index >= 15 is 0 Å². The fourth-order valence-corrected chi connectivity index (χ4v) is 8.47. The molecule has 0 fully saturated rings. The first-order valence-electron chi connectivity index (χ1n) is 17.2.